The highest BCUT2D eigenvalue weighted by Crippen LogP contribution is 2.36. The van der Waals surface area contributed by atoms with Crippen LogP contribution in [0.25, 0.3) is 5.52 Å². The number of rotatable bonds is 3. The molecule has 29 heavy (non-hydrogen) atoms. The highest BCUT2D eigenvalue weighted by molar-refractivity contribution is 7.13. The molecule has 0 fully saturated rings. The summed E-state index contributed by atoms with van der Waals surface area (Å²) in [5.41, 5.74) is 3.23. The van der Waals surface area contributed by atoms with Crippen LogP contribution in [0.1, 0.15) is 44.7 Å². The van der Waals surface area contributed by atoms with Crippen LogP contribution < -0.4 is 0 Å². The zero-order valence-corrected chi connectivity index (χ0v) is 16.2. The van der Waals surface area contributed by atoms with Crippen LogP contribution in [0.4, 0.5) is 8.78 Å². The monoisotopic (exact) mass is 414 g/mol. The summed E-state index contributed by atoms with van der Waals surface area (Å²) in [4.78, 5) is 26.4. The van der Waals surface area contributed by atoms with E-state index in [2.05, 4.69) is 20.1 Å². The molecule has 0 bridgehead atoms. The molecule has 4 aromatic heterocycles. The molecule has 0 aliphatic carbocycles. The van der Waals surface area contributed by atoms with E-state index in [9.17, 15) is 13.6 Å². The summed E-state index contributed by atoms with van der Waals surface area (Å²) in [6.45, 7) is 1.19. The third kappa shape index (κ3) is 3.00. The SMILES string of the molecule is CC(F)(F)c1ncc(C(=O)N2CCc3[nH]cnc3[C@@H]2c2cc3ccccn3n2)s1. The van der Waals surface area contributed by atoms with E-state index < -0.39 is 12.0 Å². The number of carbonyl (C=O) groups is 1. The molecule has 1 atom stereocenters. The number of pyridine rings is 1. The number of aromatic amines is 1. The number of aromatic nitrogens is 5. The van der Waals surface area contributed by atoms with Crippen molar-refractivity contribution in [2.75, 3.05) is 6.54 Å². The molecule has 7 nitrogen and oxygen atoms in total. The van der Waals surface area contributed by atoms with Gasteiger partial charge in [0.15, 0.2) is 5.01 Å². The largest absolute Gasteiger partial charge is 0.348 e. The smallest absolute Gasteiger partial charge is 0.296 e. The molecule has 0 radical (unpaired) electrons. The Morgan fingerprint density at radius 2 is 2.21 bits per heavy atom. The number of alkyl halides is 2. The van der Waals surface area contributed by atoms with Crippen LogP contribution in [-0.4, -0.2) is 41.9 Å². The normalized spacial score (nSPS) is 16.9. The van der Waals surface area contributed by atoms with Gasteiger partial charge in [0.25, 0.3) is 11.8 Å². The number of hydrogen-bond donors (Lipinski definition) is 1. The first-order valence-corrected chi connectivity index (χ1v) is 9.85. The van der Waals surface area contributed by atoms with Crippen molar-refractivity contribution in [3.8, 4) is 0 Å². The Hall–Kier alpha value is -3.14. The third-order valence-corrected chi connectivity index (χ3v) is 6.10. The van der Waals surface area contributed by atoms with Crippen LogP contribution in [0.3, 0.4) is 0 Å². The van der Waals surface area contributed by atoms with Crippen LogP contribution in [0, 0.1) is 0 Å². The number of hydrogen-bond acceptors (Lipinski definition) is 5. The lowest BCUT2D eigenvalue weighted by Crippen LogP contribution is -2.40. The van der Waals surface area contributed by atoms with Gasteiger partial charge in [-0.2, -0.15) is 13.9 Å². The standard InChI is InChI=1S/C19H16F2N6OS/c1-19(20,21)18-22-9-14(29-18)17(28)26-7-5-12-15(24-10-23-12)16(26)13-8-11-4-2-3-6-27(11)25-13/h2-4,6,8-10,16H,5,7H2,1H3,(H,23,24)/t16-/m0/s1. The molecule has 0 saturated heterocycles. The number of nitrogens with one attached hydrogen (secondary N) is 1. The minimum atomic E-state index is -3.08. The first-order valence-electron chi connectivity index (χ1n) is 9.03. The number of imidazole rings is 1. The quantitative estimate of drug-likeness (QED) is 0.557. The van der Waals surface area contributed by atoms with Crippen molar-refractivity contribution >= 4 is 22.8 Å². The lowest BCUT2D eigenvalue weighted by Gasteiger charge is -2.33. The Morgan fingerprint density at radius 1 is 1.34 bits per heavy atom. The van der Waals surface area contributed by atoms with E-state index in [0.29, 0.717) is 18.7 Å². The Bertz CT molecular complexity index is 1170. The fraction of sp³-hybridized carbons (Fsp3) is 0.263. The molecule has 0 unspecified atom stereocenters. The average Bonchev–Trinajstić information content (AvgIpc) is 3.44. The molecule has 1 N–H and O–H groups in total. The number of carbonyl (C=O) groups excluding carboxylic acids is 1. The van der Waals surface area contributed by atoms with Crippen molar-refractivity contribution in [2.24, 2.45) is 0 Å². The van der Waals surface area contributed by atoms with E-state index in [0.717, 1.165) is 35.2 Å². The van der Waals surface area contributed by atoms with Crippen LogP contribution in [-0.2, 0) is 12.3 Å². The summed E-state index contributed by atoms with van der Waals surface area (Å²) in [7, 11) is 0. The fourth-order valence-corrected chi connectivity index (χ4v) is 4.41. The predicted octanol–water partition coefficient (Wildman–Crippen LogP) is 3.41. The number of amides is 1. The number of halogens is 2. The molecule has 0 spiro atoms. The molecule has 5 rings (SSSR count). The van der Waals surface area contributed by atoms with Crippen molar-refractivity contribution in [1.29, 1.82) is 0 Å². The van der Waals surface area contributed by atoms with Gasteiger partial charge in [-0.05, 0) is 18.2 Å². The van der Waals surface area contributed by atoms with E-state index in [1.807, 2.05) is 30.5 Å². The number of nitrogens with zero attached hydrogens (tertiary/aromatic N) is 5. The van der Waals surface area contributed by atoms with E-state index in [1.165, 1.54) is 6.20 Å². The Labute approximate surface area is 168 Å². The number of H-pyrrole nitrogens is 1. The molecule has 1 amide bonds. The predicted molar refractivity (Wildman–Crippen MR) is 102 cm³/mol. The average molecular weight is 414 g/mol. The summed E-state index contributed by atoms with van der Waals surface area (Å²) >= 11 is 0.721. The molecule has 4 aromatic rings. The van der Waals surface area contributed by atoms with Gasteiger partial charge in [-0.15, -0.1) is 11.3 Å². The van der Waals surface area contributed by atoms with Gasteiger partial charge in [-0.1, -0.05) is 6.07 Å². The maximum Gasteiger partial charge on any atom is 0.296 e. The molecular formula is C19H16F2N6OS. The Balaban J connectivity index is 1.57. The molecule has 0 aromatic carbocycles. The first-order chi connectivity index (χ1) is 13.9. The minimum Gasteiger partial charge on any atom is -0.348 e. The van der Waals surface area contributed by atoms with Gasteiger partial charge in [0.2, 0.25) is 0 Å². The van der Waals surface area contributed by atoms with Crippen molar-refractivity contribution in [3.05, 3.63) is 70.0 Å². The molecular weight excluding hydrogens is 398 g/mol. The van der Waals surface area contributed by atoms with Crippen molar-refractivity contribution in [3.63, 3.8) is 0 Å². The lowest BCUT2D eigenvalue weighted by atomic mass is 9.99. The van der Waals surface area contributed by atoms with E-state index in [-0.39, 0.29) is 15.8 Å². The van der Waals surface area contributed by atoms with Crippen LogP contribution in [0.5, 0.6) is 0 Å². The first kappa shape index (κ1) is 17.9. The molecule has 0 saturated carbocycles. The van der Waals surface area contributed by atoms with Gasteiger partial charge < -0.3 is 9.88 Å². The van der Waals surface area contributed by atoms with Crippen LogP contribution >= 0.6 is 11.3 Å². The Morgan fingerprint density at radius 3 is 2.97 bits per heavy atom. The second-order valence-electron chi connectivity index (χ2n) is 6.97. The van der Waals surface area contributed by atoms with E-state index in [1.54, 1.807) is 15.7 Å². The molecule has 10 heteroatoms. The highest BCUT2D eigenvalue weighted by Gasteiger charge is 2.38. The van der Waals surface area contributed by atoms with Crippen molar-refractivity contribution in [2.45, 2.75) is 25.3 Å². The van der Waals surface area contributed by atoms with Crippen molar-refractivity contribution < 1.29 is 13.6 Å². The second-order valence-corrected chi connectivity index (χ2v) is 8.01. The molecule has 1 aliphatic heterocycles. The maximum absolute atomic E-state index is 13.6. The number of thiazole rings is 1. The van der Waals surface area contributed by atoms with Gasteiger partial charge in [0, 0.05) is 31.8 Å². The summed E-state index contributed by atoms with van der Waals surface area (Å²) in [5, 5.41) is 4.25. The summed E-state index contributed by atoms with van der Waals surface area (Å²) in [6, 6.07) is 7.11. The van der Waals surface area contributed by atoms with Gasteiger partial charge in [-0.3, -0.25) is 4.79 Å². The summed E-state index contributed by atoms with van der Waals surface area (Å²) in [6.07, 6.45) is 5.25. The zero-order valence-electron chi connectivity index (χ0n) is 15.3. The molecule has 1 aliphatic rings. The maximum atomic E-state index is 13.6. The summed E-state index contributed by atoms with van der Waals surface area (Å²) in [5.74, 6) is -3.43. The highest BCUT2D eigenvalue weighted by atomic mass is 32.1. The third-order valence-electron chi connectivity index (χ3n) is 4.95. The van der Waals surface area contributed by atoms with Crippen LogP contribution in [0.2, 0.25) is 0 Å². The van der Waals surface area contributed by atoms with E-state index in [4.69, 9.17) is 0 Å². The van der Waals surface area contributed by atoms with E-state index >= 15 is 0 Å². The number of fused-ring (bicyclic) bond motifs is 2. The minimum absolute atomic E-state index is 0.175. The fourth-order valence-electron chi connectivity index (χ4n) is 3.60. The van der Waals surface area contributed by atoms with Gasteiger partial charge >= 0.3 is 0 Å². The van der Waals surface area contributed by atoms with Gasteiger partial charge in [-0.25, -0.2) is 14.5 Å². The van der Waals surface area contributed by atoms with Crippen molar-refractivity contribution in [1.82, 2.24) is 29.5 Å². The topological polar surface area (TPSA) is 79.2 Å². The Kier molecular flexibility index (Phi) is 3.98. The van der Waals surface area contributed by atoms with Gasteiger partial charge in [0.05, 0.1) is 29.4 Å². The van der Waals surface area contributed by atoms with Gasteiger partial charge in [0.1, 0.15) is 10.9 Å². The second kappa shape index (κ2) is 6.45. The zero-order chi connectivity index (χ0) is 20.2. The molecule has 5 heterocycles. The lowest BCUT2D eigenvalue weighted by molar-refractivity contribution is 0.0172. The van der Waals surface area contributed by atoms with Crippen LogP contribution in [0.15, 0.2) is 43.0 Å². The summed E-state index contributed by atoms with van der Waals surface area (Å²) < 4.78 is 28.9. The molecule has 148 valence electrons.